The van der Waals surface area contributed by atoms with E-state index in [9.17, 15) is 5.11 Å². The van der Waals surface area contributed by atoms with Crippen LogP contribution >= 0.6 is 11.3 Å². The van der Waals surface area contributed by atoms with E-state index >= 15 is 0 Å². The fourth-order valence-corrected chi connectivity index (χ4v) is 2.63. The van der Waals surface area contributed by atoms with Crippen molar-refractivity contribution < 1.29 is 5.11 Å². The highest BCUT2D eigenvalue weighted by molar-refractivity contribution is 7.10. The summed E-state index contributed by atoms with van der Waals surface area (Å²) in [6.45, 7) is 0. The van der Waals surface area contributed by atoms with Crippen LogP contribution < -0.4 is 0 Å². The normalized spacial score (nSPS) is 10.5. The lowest BCUT2D eigenvalue weighted by Crippen LogP contribution is -1.90. The Morgan fingerprint density at radius 2 is 1.89 bits per heavy atom. The van der Waals surface area contributed by atoms with Gasteiger partial charge in [-0.3, -0.25) is 4.98 Å². The number of nitrogens with zero attached hydrogens (tertiary/aromatic N) is 2. The summed E-state index contributed by atoms with van der Waals surface area (Å²) >= 11 is 1.63. The number of benzene rings is 1. The van der Waals surface area contributed by atoms with Gasteiger partial charge in [-0.25, -0.2) is 4.98 Å². The van der Waals surface area contributed by atoms with Crippen LogP contribution in [0.2, 0.25) is 0 Å². The van der Waals surface area contributed by atoms with Gasteiger partial charge in [-0.05, 0) is 12.1 Å². The van der Waals surface area contributed by atoms with Gasteiger partial charge in [-0.15, -0.1) is 11.3 Å². The van der Waals surface area contributed by atoms with Crippen molar-refractivity contribution >= 4 is 11.3 Å². The number of thiazole rings is 1. The Morgan fingerprint density at radius 3 is 2.63 bits per heavy atom. The molecule has 0 saturated heterocycles. The van der Waals surface area contributed by atoms with Crippen molar-refractivity contribution in [2.24, 2.45) is 0 Å². The van der Waals surface area contributed by atoms with Crippen molar-refractivity contribution in [1.82, 2.24) is 9.97 Å². The second-order valence-corrected chi connectivity index (χ2v) is 5.12. The molecule has 0 aliphatic carbocycles. The van der Waals surface area contributed by atoms with Gasteiger partial charge in [0.15, 0.2) is 0 Å². The lowest BCUT2D eigenvalue weighted by Gasteiger charge is -1.97. The molecule has 0 saturated carbocycles. The Bertz CT molecular complexity index is 662. The van der Waals surface area contributed by atoms with Crippen LogP contribution in [-0.4, -0.2) is 15.1 Å². The first-order valence-corrected chi connectivity index (χ1v) is 6.83. The lowest BCUT2D eigenvalue weighted by atomic mass is 10.2. The Labute approximate surface area is 115 Å². The molecule has 3 nitrogen and oxygen atoms in total. The molecule has 0 aliphatic rings. The maximum absolute atomic E-state index is 9.20. The van der Waals surface area contributed by atoms with E-state index < -0.39 is 0 Å². The largest absolute Gasteiger partial charge is 0.506 e. The topological polar surface area (TPSA) is 46.0 Å². The first-order chi connectivity index (χ1) is 9.31. The Morgan fingerprint density at radius 1 is 1.05 bits per heavy atom. The van der Waals surface area contributed by atoms with E-state index in [1.807, 2.05) is 24.3 Å². The van der Waals surface area contributed by atoms with Crippen LogP contribution in [0.3, 0.4) is 0 Å². The molecule has 0 bridgehead atoms. The van der Waals surface area contributed by atoms with Gasteiger partial charge in [-0.2, -0.15) is 0 Å². The minimum Gasteiger partial charge on any atom is -0.506 e. The summed E-state index contributed by atoms with van der Waals surface area (Å²) in [5.41, 5.74) is 3.04. The standard InChI is InChI=1S/C15H12N2OS/c18-13-7-6-12(16-9-13)8-15-17-14(10-19-15)11-4-2-1-3-5-11/h1-7,9-10,18H,8H2. The lowest BCUT2D eigenvalue weighted by molar-refractivity contribution is 0.472. The van der Waals surface area contributed by atoms with Crippen molar-refractivity contribution in [1.29, 1.82) is 0 Å². The molecule has 2 heterocycles. The Hall–Kier alpha value is -2.20. The molecule has 1 N–H and O–H groups in total. The summed E-state index contributed by atoms with van der Waals surface area (Å²) < 4.78 is 0. The van der Waals surface area contributed by atoms with E-state index in [2.05, 4.69) is 27.5 Å². The van der Waals surface area contributed by atoms with Crippen LogP contribution in [-0.2, 0) is 6.42 Å². The molecule has 0 atom stereocenters. The molecule has 2 aromatic heterocycles. The number of hydrogen-bond acceptors (Lipinski definition) is 4. The molecule has 1 aromatic carbocycles. The number of aromatic nitrogens is 2. The van der Waals surface area contributed by atoms with Crippen LogP contribution in [0.4, 0.5) is 0 Å². The first kappa shape index (κ1) is 11.9. The molecule has 0 aliphatic heterocycles. The van der Waals surface area contributed by atoms with E-state index in [1.54, 1.807) is 17.4 Å². The monoisotopic (exact) mass is 268 g/mol. The summed E-state index contributed by atoms with van der Waals surface area (Å²) in [7, 11) is 0. The van der Waals surface area contributed by atoms with Gasteiger partial charge in [0, 0.05) is 23.1 Å². The number of rotatable bonds is 3. The van der Waals surface area contributed by atoms with Gasteiger partial charge in [-0.1, -0.05) is 30.3 Å². The van der Waals surface area contributed by atoms with Gasteiger partial charge in [0.1, 0.15) is 5.75 Å². The predicted molar refractivity (Wildman–Crippen MR) is 76.3 cm³/mol. The van der Waals surface area contributed by atoms with Gasteiger partial charge in [0.2, 0.25) is 0 Å². The molecule has 4 heteroatoms. The van der Waals surface area contributed by atoms with Gasteiger partial charge in [0.25, 0.3) is 0 Å². The highest BCUT2D eigenvalue weighted by Gasteiger charge is 2.05. The number of pyridine rings is 1. The fourth-order valence-electron chi connectivity index (χ4n) is 1.81. The van der Waals surface area contributed by atoms with E-state index in [-0.39, 0.29) is 5.75 Å². The van der Waals surface area contributed by atoms with Gasteiger partial charge >= 0.3 is 0 Å². The molecule has 0 radical (unpaired) electrons. The Balaban J connectivity index is 1.80. The predicted octanol–water partition coefficient (Wildman–Crippen LogP) is 3.50. The third-order valence-electron chi connectivity index (χ3n) is 2.76. The maximum atomic E-state index is 9.20. The van der Waals surface area contributed by atoms with Crippen molar-refractivity contribution in [3.05, 3.63) is 64.7 Å². The number of aromatic hydroxyl groups is 1. The molecule has 0 spiro atoms. The molecule has 3 aromatic rings. The van der Waals surface area contributed by atoms with Gasteiger partial charge in [0.05, 0.1) is 16.9 Å². The SMILES string of the molecule is Oc1ccc(Cc2nc(-c3ccccc3)cs2)nc1. The molecular formula is C15H12N2OS. The molecule has 0 unspecified atom stereocenters. The van der Waals surface area contributed by atoms with Crippen LogP contribution in [0, 0.1) is 0 Å². The Kier molecular flexibility index (Phi) is 3.25. The van der Waals surface area contributed by atoms with Crippen LogP contribution in [0.5, 0.6) is 5.75 Å². The van der Waals surface area contributed by atoms with Crippen molar-refractivity contribution in [3.63, 3.8) is 0 Å². The summed E-state index contributed by atoms with van der Waals surface area (Å²) in [6.07, 6.45) is 2.15. The highest BCUT2D eigenvalue weighted by atomic mass is 32.1. The quantitative estimate of drug-likeness (QED) is 0.790. The van der Waals surface area contributed by atoms with E-state index in [4.69, 9.17) is 0 Å². The van der Waals surface area contributed by atoms with E-state index in [1.165, 1.54) is 6.20 Å². The zero-order valence-corrected chi connectivity index (χ0v) is 11.0. The minimum absolute atomic E-state index is 0.188. The van der Waals surface area contributed by atoms with E-state index in [0.717, 1.165) is 22.0 Å². The summed E-state index contributed by atoms with van der Waals surface area (Å²) in [5, 5.41) is 12.3. The number of hydrogen-bond donors (Lipinski definition) is 1. The van der Waals surface area contributed by atoms with E-state index in [0.29, 0.717) is 6.42 Å². The molecular weight excluding hydrogens is 256 g/mol. The average Bonchev–Trinajstić information content (AvgIpc) is 2.91. The second-order valence-electron chi connectivity index (χ2n) is 4.18. The third-order valence-corrected chi connectivity index (χ3v) is 3.61. The molecule has 0 fully saturated rings. The molecule has 94 valence electrons. The van der Waals surface area contributed by atoms with Crippen LogP contribution in [0.1, 0.15) is 10.7 Å². The fraction of sp³-hybridized carbons (Fsp3) is 0.0667. The smallest absolute Gasteiger partial charge is 0.133 e. The van der Waals surface area contributed by atoms with Crippen LogP contribution in [0.25, 0.3) is 11.3 Å². The average molecular weight is 268 g/mol. The summed E-state index contributed by atoms with van der Waals surface area (Å²) in [6, 6.07) is 13.6. The third kappa shape index (κ3) is 2.80. The van der Waals surface area contributed by atoms with Crippen LogP contribution in [0.15, 0.2) is 54.0 Å². The molecule has 0 amide bonds. The minimum atomic E-state index is 0.188. The summed E-state index contributed by atoms with van der Waals surface area (Å²) in [5.74, 6) is 0.188. The second kappa shape index (κ2) is 5.20. The van der Waals surface area contributed by atoms with Crippen molar-refractivity contribution in [3.8, 4) is 17.0 Å². The van der Waals surface area contributed by atoms with Crippen molar-refractivity contribution in [2.75, 3.05) is 0 Å². The van der Waals surface area contributed by atoms with Crippen molar-refractivity contribution in [2.45, 2.75) is 6.42 Å². The highest BCUT2D eigenvalue weighted by Crippen LogP contribution is 2.23. The maximum Gasteiger partial charge on any atom is 0.133 e. The zero-order valence-electron chi connectivity index (χ0n) is 10.2. The molecule has 3 rings (SSSR count). The zero-order chi connectivity index (χ0) is 13.1. The summed E-state index contributed by atoms with van der Waals surface area (Å²) in [4.78, 5) is 8.79. The molecule has 19 heavy (non-hydrogen) atoms. The first-order valence-electron chi connectivity index (χ1n) is 5.95. The van der Waals surface area contributed by atoms with Gasteiger partial charge < -0.3 is 5.11 Å².